The van der Waals surface area contributed by atoms with Gasteiger partial charge in [-0.05, 0) is 43.7 Å². The molecule has 33 heavy (non-hydrogen) atoms. The number of hydrogen-bond acceptors (Lipinski definition) is 6. The number of nitrogens with one attached hydrogen (secondary N) is 1. The van der Waals surface area contributed by atoms with Crippen LogP contribution < -0.4 is 5.32 Å². The van der Waals surface area contributed by atoms with Crippen LogP contribution in [0.2, 0.25) is 0 Å². The summed E-state index contributed by atoms with van der Waals surface area (Å²) in [7, 11) is 0. The normalized spacial score (nSPS) is 11.2. The largest absolute Gasteiger partial charge is 0.436 e. The average molecular weight is 442 g/mol. The van der Waals surface area contributed by atoms with Crippen molar-refractivity contribution in [2.75, 3.05) is 5.32 Å². The molecule has 0 atom stereocenters. The van der Waals surface area contributed by atoms with Gasteiger partial charge in [0.2, 0.25) is 11.5 Å². The predicted octanol–water partition coefficient (Wildman–Crippen LogP) is 4.76. The number of carbonyl (C=O) groups is 1. The lowest BCUT2D eigenvalue weighted by molar-refractivity contribution is 0.0994. The van der Waals surface area contributed by atoms with Gasteiger partial charge in [0.15, 0.2) is 5.89 Å². The Hall–Kier alpha value is -4.40. The number of amides is 1. The number of benzene rings is 1. The molecule has 0 saturated heterocycles. The Kier molecular flexibility index (Phi) is 4.93. The molecule has 5 aromatic rings. The number of fused-ring (bicyclic) bond motifs is 1. The maximum atomic E-state index is 14.7. The highest BCUT2D eigenvalue weighted by atomic mass is 19.1. The molecule has 0 saturated carbocycles. The van der Waals surface area contributed by atoms with Gasteiger partial charge < -0.3 is 9.73 Å². The fourth-order valence-electron chi connectivity index (χ4n) is 3.65. The Morgan fingerprint density at radius 1 is 1.09 bits per heavy atom. The van der Waals surface area contributed by atoms with Gasteiger partial charge in [0.25, 0.3) is 5.91 Å². The van der Waals surface area contributed by atoms with Gasteiger partial charge in [-0.3, -0.25) is 14.2 Å². The van der Waals surface area contributed by atoms with E-state index in [2.05, 4.69) is 25.3 Å². The molecule has 4 heterocycles. The molecular weight excluding hydrogens is 423 g/mol. The van der Waals surface area contributed by atoms with E-state index in [0.29, 0.717) is 28.7 Å². The second kappa shape index (κ2) is 7.94. The summed E-state index contributed by atoms with van der Waals surface area (Å²) in [5.74, 6) is 0.00748. The maximum absolute atomic E-state index is 14.7. The minimum absolute atomic E-state index is 0.118. The van der Waals surface area contributed by atoms with Crippen LogP contribution in [-0.4, -0.2) is 30.2 Å². The molecule has 0 aliphatic rings. The fraction of sp³-hybridized carbons (Fsp3) is 0.125. The number of oxazole rings is 1. The molecule has 0 radical (unpaired) electrons. The Bertz CT molecular complexity index is 1520. The number of aromatic nitrogens is 5. The first-order valence-corrected chi connectivity index (χ1v) is 10.2. The topological polar surface area (TPSA) is 98.2 Å². The van der Waals surface area contributed by atoms with E-state index >= 15 is 0 Å². The van der Waals surface area contributed by atoms with E-state index in [1.807, 2.05) is 25.3 Å². The second-order valence-electron chi connectivity index (χ2n) is 7.64. The van der Waals surface area contributed by atoms with Gasteiger partial charge in [0.05, 0.1) is 17.1 Å². The molecule has 0 aliphatic carbocycles. The van der Waals surface area contributed by atoms with Gasteiger partial charge in [-0.2, -0.15) is 0 Å². The summed E-state index contributed by atoms with van der Waals surface area (Å²) in [4.78, 5) is 29.9. The molecule has 0 spiro atoms. The van der Waals surface area contributed by atoms with Crippen LogP contribution in [0.4, 0.5) is 10.1 Å². The van der Waals surface area contributed by atoms with Crippen LogP contribution in [0, 0.1) is 26.6 Å². The van der Waals surface area contributed by atoms with E-state index < -0.39 is 11.7 Å². The highest BCUT2D eigenvalue weighted by Gasteiger charge is 2.18. The first-order chi connectivity index (χ1) is 15.9. The standard InChI is InChI=1S/C24H19FN6O2/c1-13-5-4-8-26-21(13)16-10-27-24-30-20(12-31(24)11-16)18-9-17(6-7-19(18)25)29-23(32)22-14(2)28-15(3)33-22/h4-12H,1-3H3,(H,29,32). The SMILES string of the molecule is Cc1nc(C)c(C(=O)Nc2ccc(F)c(-c3cn4cc(-c5ncccc5C)cnc4n3)c2)o1. The lowest BCUT2D eigenvalue weighted by atomic mass is 10.1. The first-order valence-electron chi connectivity index (χ1n) is 10.2. The number of halogens is 1. The van der Waals surface area contributed by atoms with Crippen molar-refractivity contribution in [3.63, 3.8) is 0 Å². The zero-order valence-corrected chi connectivity index (χ0v) is 18.1. The van der Waals surface area contributed by atoms with E-state index in [4.69, 9.17) is 4.42 Å². The zero-order valence-electron chi connectivity index (χ0n) is 18.1. The maximum Gasteiger partial charge on any atom is 0.293 e. The smallest absolute Gasteiger partial charge is 0.293 e. The van der Waals surface area contributed by atoms with Crippen molar-refractivity contribution in [3.05, 3.63) is 83.8 Å². The van der Waals surface area contributed by atoms with Crippen LogP contribution in [0.25, 0.3) is 28.3 Å². The lowest BCUT2D eigenvalue weighted by Crippen LogP contribution is -2.12. The summed E-state index contributed by atoms with van der Waals surface area (Å²) in [6, 6.07) is 8.13. The summed E-state index contributed by atoms with van der Waals surface area (Å²) in [5.41, 5.74) is 4.17. The average Bonchev–Trinajstić information content (AvgIpc) is 3.37. The molecule has 1 aromatic carbocycles. The molecule has 1 amide bonds. The van der Waals surface area contributed by atoms with Crippen LogP contribution >= 0.6 is 0 Å². The number of hydrogen-bond donors (Lipinski definition) is 1. The summed E-state index contributed by atoms with van der Waals surface area (Å²) in [5, 5.41) is 2.72. The third kappa shape index (κ3) is 3.84. The second-order valence-corrected chi connectivity index (χ2v) is 7.64. The van der Waals surface area contributed by atoms with Gasteiger partial charge >= 0.3 is 0 Å². The van der Waals surface area contributed by atoms with Crippen molar-refractivity contribution < 1.29 is 13.6 Å². The molecule has 1 N–H and O–H groups in total. The number of rotatable bonds is 4. The van der Waals surface area contributed by atoms with Crippen molar-refractivity contribution in [2.45, 2.75) is 20.8 Å². The van der Waals surface area contributed by atoms with Gasteiger partial charge in [-0.15, -0.1) is 0 Å². The fourth-order valence-corrected chi connectivity index (χ4v) is 3.65. The molecular formula is C24H19FN6O2. The number of carbonyl (C=O) groups excluding carboxylic acids is 1. The van der Waals surface area contributed by atoms with Crippen LogP contribution in [-0.2, 0) is 0 Å². The Morgan fingerprint density at radius 2 is 1.94 bits per heavy atom. The highest BCUT2D eigenvalue weighted by Crippen LogP contribution is 2.27. The molecule has 164 valence electrons. The van der Waals surface area contributed by atoms with Crippen molar-refractivity contribution >= 4 is 17.4 Å². The minimum atomic E-state index is -0.469. The first kappa shape index (κ1) is 20.5. The lowest BCUT2D eigenvalue weighted by Gasteiger charge is -2.06. The molecule has 4 aromatic heterocycles. The van der Waals surface area contributed by atoms with Crippen molar-refractivity contribution in [3.8, 4) is 22.5 Å². The minimum Gasteiger partial charge on any atom is -0.436 e. The Labute approximate surface area is 188 Å². The summed E-state index contributed by atoms with van der Waals surface area (Å²) in [6.45, 7) is 5.33. The van der Waals surface area contributed by atoms with E-state index in [9.17, 15) is 9.18 Å². The number of anilines is 1. The van der Waals surface area contributed by atoms with Crippen molar-refractivity contribution in [1.82, 2.24) is 24.3 Å². The van der Waals surface area contributed by atoms with Crippen LogP contribution in [0.15, 0.2) is 59.5 Å². The van der Waals surface area contributed by atoms with E-state index in [1.54, 1.807) is 36.8 Å². The molecule has 9 heteroatoms. The Balaban J connectivity index is 1.48. The van der Waals surface area contributed by atoms with Gasteiger partial charge in [0.1, 0.15) is 5.82 Å². The molecule has 0 unspecified atom stereocenters. The molecule has 5 rings (SSSR count). The molecule has 0 aliphatic heterocycles. The van der Waals surface area contributed by atoms with E-state index in [-0.39, 0.29) is 11.3 Å². The Morgan fingerprint density at radius 3 is 2.70 bits per heavy atom. The summed E-state index contributed by atoms with van der Waals surface area (Å²) >= 11 is 0. The van der Waals surface area contributed by atoms with Gasteiger partial charge in [-0.25, -0.2) is 19.3 Å². The zero-order chi connectivity index (χ0) is 23.1. The third-order valence-corrected chi connectivity index (χ3v) is 5.20. The van der Waals surface area contributed by atoms with Gasteiger partial charge in [-0.1, -0.05) is 6.07 Å². The molecule has 0 bridgehead atoms. The number of imidazole rings is 1. The van der Waals surface area contributed by atoms with Crippen molar-refractivity contribution in [2.24, 2.45) is 0 Å². The number of nitrogens with zero attached hydrogens (tertiary/aromatic N) is 5. The summed E-state index contributed by atoms with van der Waals surface area (Å²) in [6.07, 6.45) is 6.96. The van der Waals surface area contributed by atoms with Crippen LogP contribution in [0.3, 0.4) is 0 Å². The molecule has 8 nitrogen and oxygen atoms in total. The monoisotopic (exact) mass is 442 g/mol. The number of pyridine rings is 1. The quantitative estimate of drug-likeness (QED) is 0.431. The van der Waals surface area contributed by atoms with Crippen molar-refractivity contribution in [1.29, 1.82) is 0 Å². The molecule has 0 fully saturated rings. The predicted molar refractivity (Wildman–Crippen MR) is 120 cm³/mol. The van der Waals surface area contributed by atoms with E-state index in [0.717, 1.165) is 16.8 Å². The highest BCUT2D eigenvalue weighted by molar-refractivity contribution is 6.03. The summed E-state index contributed by atoms with van der Waals surface area (Å²) < 4.78 is 21.8. The number of aryl methyl sites for hydroxylation is 3. The van der Waals surface area contributed by atoms with Crippen LogP contribution in [0.1, 0.15) is 27.7 Å². The third-order valence-electron chi connectivity index (χ3n) is 5.20. The van der Waals surface area contributed by atoms with Crippen LogP contribution in [0.5, 0.6) is 0 Å². The van der Waals surface area contributed by atoms with Gasteiger partial charge in [0, 0.05) is 48.5 Å². The van der Waals surface area contributed by atoms with E-state index in [1.165, 1.54) is 18.2 Å².